The van der Waals surface area contributed by atoms with Gasteiger partial charge >= 0.3 is 0 Å². The van der Waals surface area contributed by atoms with Crippen molar-refractivity contribution in [1.29, 1.82) is 0 Å². The Bertz CT molecular complexity index is 1210. The molecule has 2 N–H and O–H groups in total. The Morgan fingerprint density at radius 3 is 2.45 bits per heavy atom. The largest absolute Gasteiger partial charge is 0.459 e. The predicted octanol–water partition coefficient (Wildman–Crippen LogP) is 5.80. The van der Waals surface area contributed by atoms with Crippen molar-refractivity contribution >= 4 is 44.6 Å². The van der Waals surface area contributed by atoms with Crippen LogP contribution in [0.3, 0.4) is 0 Å². The van der Waals surface area contributed by atoms with Gasteiger partial charge in [0.05, 0.1) is 16.1 Å². The fourth-order valence-electron chi connectivity index (χ4n) is 2.91. The molecule has 0 radical (unpaired) electrons. The van der Waals surface area contributed by atoms with Gasteiger partial charge in [-0.05, 0) is 42.2 Å². The number of amides is 2. The van der Waals surface area contributed by atoms with Crippen LogP contribution in [-0.4, -0.2) is 22.0 Å². The minimum absolute atomic E-state index is 0.208. The van der Waals surface area contributed by atoms with E-state index in [0.29, 0.717) is 20.9 Å². The van der Waals surface area contributed by atoms with Crippen molar-refractivity contribution in [2.75, 3.05) is 10.6 Å². The third kappa shape index (κ3) is 4.73. The van der Waals surface area contributed by atoms with Crippen LogP contribution in [0.5, 0.6) is 0 Å². The molecule has 0 unspecified atom stereocenters. The fraction of sp³-hybridized carbons (Fsp3) is 0.182. The summed E-state index contributed by atoms with van der Waals surface area (Å²) >= 11 is 2.50. The highest BCUT2D eigenvalue weighted by Crippen LogP contribution is 2.30. The highest BCUT2D eigenvalue weighted by Gasteiger charge is 2.18. The van der Waals surface area contributed by atoms with Crippen molar-refractivity contribution in [2.24, 2.45) is 0 Å². The first kappa shape index (κ1) is 21.0. The van der Waals surface area contributed by atoms with Gasteiger partial charge in [-0.15, -0.1) is 21.5 Å². The molecule has 4 aromatic rings. The smallest absolute Gasteiger partial charge is 0.291 e. The topological polar surface area (TPSA) is 97.1 Å². The summed E-state index contributed by atoms with van der Waals surface area (Å²) in [6.07, 6.45) is 1.43. The molecule has 2 amide bonds. The number of carbonyl (C=O) groups excluding carboxylic acids is 2. The number of carbonyl (C=O) groups is 2. The number of benzene rings is 1. The molecule has 0 aliphatic rings. The van der Waals surface area contributed by atoms with Crippen LogP contribution in [0.25, 0.3) is 10.6 Å². The number of aryl methyl sites for hydroxylation is 1. The van der Waals surface area contributed by atoms with Crippen LogP contribution in [0.1, 0.15) is 51.1 Å². The molecule has 9 heteroatoms. The van der Waals surface area contributed by atoms with E-state index >= 15 is 0 Å². The summed E-state index contributed by atoms with van der Waals surface area (Å²) in [5, 5.41) is 15.5. The van der Waals surface area contributed by atoms with Crippen molar-refractivity contribution in [1.82, 2.24) is 10.2 Å². The van der Waals surface area contributed by atoms with Gasteiger partial charge in [-0.25, -0.2) is 0 Å². The molecule has 158 valence electrons. The Morgan fingerprint density at radius 2 is 1.77 bits per heavy atom. The van der Waals surface area contributed by atoms with Gasteiger partial charge in [0.2, 0.25) is 5.13 Å². The third-order valence-corrected chi connectivity index (χ3v) is 6.61. The summed E-state index contributed by atoms with van der Waals surface area (Å²) in [4.78, 5) is 25.4. The average molecular weight is 453 g/mol. The first-order valence-corrected chi connectivity index (χ1v) is 11.2. The molecule has 0 bridgehead atoms. The van der Waals surface area contributed by atoms with Gasteiger partial charge in [-0.3, -0.25) is 14.9 Å². The first-order chi connectivity index (χ1) is 14.9. The molecular weight excluding hydrogens is 432 g/mol. The number of rotatable bonds is 6. The van der Waals surface area contributed by atoms with Gasteiger partial charge < -0.3 is 9.73 Å². The van der Waals surface area contributed by atoms with E-state index in [1.807, 2.05) is 19.1 Å². The number of thiophene rings is 1. The molecule has 0 aliphatic heterocycles. The Hall–Kier alpha value is -3.30. The van der Waals surface area contributed by atoms with E-state index in [2.05, 4.69) is 46.8 Å². The molecule has 0 spiro atoms. The van der Waals surface area contributed by atoms with E-state index in [4.69, 9.17) is 4.42 Å². The predicted molar refractivity (Wildman–Crippen MR) is 123 cm³/mol. The quantitative estimate of drug-likeness (QED) is 0.386. The molecule has 31 heavy (non-hydrogen) atoms. The standard InChI is InChI=1S/C22H20N4O3S2/c1-12(2)14-6-8-15(9-7-14)21-25-26-22(31-21)24-20(28)18-13(3)11-17(30-18)23-19(27)16-5-4-10-29-16/h4-12H,1-3H3,(H,23,27)(H,24,26,28). The number of furan rings is 1. The fourth-order valence-corrected chi connectivity index (χ4v) is 4.61. The summed E-state index contributed by atoms with van der Waals surface area (Å²) in [5.74, 6) is 0.00953. The summed E-state index contributed by atoms with van der Waals surface area (Å²) < 4.78 is 5.09. The summed E-state index contributed by atoms with van der Waals surface area (Å²) in [7, 11) is 0. The van der Waals surface area contributed by atoms with E-state index in [1.54, 1.807) is 18.2 Å². The molecule has 4 rings (SSSR count). The number of hydrogen-bond acceptors (Lipinski definition) is 7. The van der Waals surface area contributed by atoms with Gasteiger partial charge in [-0.2, -0.15) is 0 Å². The molecule has 0 saturated carbocycles. The van der Waals surface area contributed by atoms with Gasteiger partial charge in [0.1, 0.15) is 5.01 Å². The second kappa shape index (κ2) is 8.83. The van der Waals surface area contributed by atoms with Crippen LogP contribution in [0.4, 0.5) is 10.1 Å². The molecule has 7 nitrogen and oxygen atoms in total. The maximum absolute atomic E-state index is 12.7. The zero-order valence-corrected chi connectivity index (χ0v) is 18.8. The second-order valence-corrected chi connectivity index (χ2v) is 9.23. The summed E-state index contributed by atoms with van der Waals surface area (Å²) in [6.45, 7) is 6.11. The number of nitrogens with zero attached hydrogens (tertiary/aromatic N) is 2. The lowest BCUT2D eigenvalue weighted by Crippen LogP contribution is -2.11. The minimum atomic E-state index is -0.365. The Labute approximate surface area is 187 Å². The van der Waals surface area contributed by atoms with E-state index in [1.165, 1.54) is 34.5 Å². The SMILES string of the molecule is Cc1cc(NC(=O)c2ccco2)sc1C(=O)Nc1nnc(-c2ccc(C(C)C)cc2)s1. The van der Waals surface area contributed by atoms with Crippen molar-refractivity contribution in [3.05, 3.63) is 70.5 Å². The number of hydrogen-bond donors (Lipinski definition) is 2. The average Bonchev–Trinajstić information content (AvgIpc) is 3.49. The van der Waals surface area contributed by atoms with Gasteiger partial charge in [0.25, 0.3) is 11.8 Å². The summed E-state index contributed by atoms with van der Waals surface area (Å²) in [5.41, 5.74) is 2.97. The Balaban J connectivity index is 1.44. The van der Waals surface area contributed by atoms with Gasteiger partial charge in [0.15, 0.2) is 5.76 Å². The minimum Gasteiger partial charge on any atom is -0.459 e. The number of nitrogens with one attached hydrogen (secondary N) is 2. The second-order valence-electron chi connectivity index (χ2n) is 7.20. The molecular formula is C22H20N4O3S2. The van der Waals surface area contributed by atoms with Crippen LogP contribution < -0.4 is 10.6 Å². The normalized spacial score (nSPS) is 11.0. The van der Waals surface area contributed by atoms with Crippen LogP contribution in [-0.2, 0) is 0 Å². The zero-order chi connectivity index (χ0) is 22.0. The molecule has 3 heterocycles. The Kier molecular flexibility index (Phi) is 5.97. The van der Waals surface area contributed by atoms with Crippen LogP contribution in [0.2, 0.25) is 0 Å². The third-order valence-electron chi connectivity index (χ3n) is 4.58. The van der Waals surface area contributed by atoms with E-state index in [0.717, 1.165) is 16.1 Å². The van der Waals surface area contributed by atoms with Crippen LogP contribution in [0, 0.1) is 6.92 Å². The molecule has 1 aromatic carbocycles. The van der Waals surface area contributed by atoms with Crippen LogP contribution in [0.15, 0.2) is 53.1 Å². The maximum Gasteiger partial charge on any atom is 0.291 e. The van der Waals surface area contributed by atoms with Crippen molar-refractivity contribution < 1.29 is 14.0 Å². The molecule has 0 aliphatic carbocycles. The number of aromatic nitrogens is 2. The highest BCUT2D eigenvalue weighted by atomic mass is 32.1. The summed E-state index contributed by atoms with van der Waals surface area (Å²) in [6, 6.07) is 13.1. The first-order valence-electron chi connectivity index (χ1n) is 9.61. The monoisotopic (exact) mass is 452 g/mol. The zero-order valence-electron chi connectivity index (χ0n) is 17.1. The van der Waals surface area contributed by atoms with Gasteiger partial charge in [0, 0.05) is 5.56 Å². The van der Waals surface area contributed by atoms with E-state index in [9.17, 15) is 9.59 Å². The molecule has 0 fully saturated rings. The van der Waals surface area contributed by atoms with E-state index in [-0.39, 0.29) is 17.6 Å². The lowest BCUT2D eigenvalue weighted by atomic mass is 10.0. The van der Waals surface area contributed by atoms with Crippen LogP contribution >= 0.6 is 22.7 Å². The van der Waals surface area contributed by atoms with E-state index < -0.39 is 0 Å². The molecule has 3 aromatic heterocycles. The maximum atomic E-state index is 12.7. The van der Waals surface area contributed by atoms with Crippen molar-refractivity contribution in [2.45, 2.75) is 26.7 Å². The highest BCUT2D eigenvalue weighted by molar-refractivity contribution is 7.19. The van der Waals surface area contributed by atoms with Crippen molar-refractivity contribution in [3.8, 4) is 10.6 Å². The molecule has 0 saturated heterocycles. The molecule has 0 atom stereocenters. The lowest BCUT2D eigenvalue weighted by molar-refractivity contribution is 0.0995. The van der Waals surface area contributed by atoms with Gasteiger partial charge in [-0.1, -0.05) is 49.4 Å². The van der Waals surface area contributed by atoms with Crippen molar-refractivity contribution in [3.63, 3.8) is 0 Å². The lowest BCUT2D eigenvalue weighted by Gasteiger charge is -2.04. The Morgan fingerprint density at radius 1 is 1.00 bits per heavy atom. The number of anilines is 2.